The molecule has 1 unspecified atom stereocenters. The third-order valence-corrected chi connectivity index (χ3v) is 5.70. The van der Waals surface area contributed by atoms with Crippen LogP contribution in [0.25, 0.3) is 0 Å². The predicted octanol–water partition coefficient (Wildman–Crippen LogP) is 1.97. The molecule has 3 rings (SSSR count). The van der Waals surface area contributed by atoms with Gasteiger partial charge in [0.2, 0.25) is 5.91 Å². The number of aryl methyl sites for hydroxylation is 1. The topological polar surface area (TPSA) is 96.7 Å². The van der Waals surface area contributed by atoms with Gasteiger partial charge in [-0.2, -0.15) is 0 Å². The van der Waals surface area contributed by atoms with E-state index in [0.717, 1.165) is 96.1 Å². The van der Waals surface area contributed by atoms with Gasteiger partial charge in [-0.1, -0.05) is 13.3 Å². The third kappa shape index (κ3) is 8.91. The number of ether oxygens (including phenoxy) is 1. The molecule has 1 amide bonds. The van der Waals surface area contributed by atoms with Crippen molar-refractivity contribution in [3.63, 3.8) is 0 Å². The molecule has 9 nitrogen and oxygen atoms in total. The number of hydrogen-bond acceptors (Lipinski definition) is 5. The number of rotatable bonds is 10. The first-order valence-corrected chi connectivity index (χ1v) is 11.5. The van der Waals surface area contributed by atoms with E-state index in [-0.39, 0.29) is 30.1 Å². The minimum atomic E-state index is 0. The zero-order valence-electron chi connectivity index (χ0n) is 18.7. The zero-order chi connectivity index (χ0) is 21.0. The predicted molar refractivity (Wildman–Crippen MR) is 132 cm³/mol. The smallest absolute Gasteiger partial charge is 0.222 e. The second-order valence-electron chi connectivity index (χ2n) is 8.02. The number of halogens is 1. The van der Waals surface area contributed by atoms with E-state index in [1.54, 1.807) is 6.33 Å². The Labute approximate surface area is 202 Å². The zero-order valence-corrected chi connectivity index (χ0v) is 21.1. The van der Waals surface area contributed by atoms with Crippen LogP contribution in [0.5, 0.6) is 0 Å². The standard InChI is InChI=1S/C21H37N7O2.HI/c1-2-19-26-25-17-28(19)14-11-23-21(24-16-18-8-6-15-30-18)22-10-7-13-27-12-5-3-4-9-20(27)29;/h17-18H,2-16H2,1H3,(H2,22,23,24);1H. The van der Waals surface area contributed by atoms with Gasteiger partial charge in [0.1, 0.15) is 12.2 Å². The fraction of sp³-hybridized carbons (Fsp3) is 0.810. The van der Waals surface area contributed by atoms with Crippen molar-refractivity contribution in [2.75, 3.05) is 39.3 Å². The molecule has 1 atom stereocenters. The first-order chi connectivity index (χ1) is 14.8. The van der Waals surface area contributed by atoms with Crippen LogP contribution < -0.4 is 10.6 Å². The summed E-state index contributed by atoms with van der Waals surface area (Å²) in [6, 6.07) is 0. The molecule has 0 aliphatic carbocycles. The average Bonchev–Trinajstić information content (AvgIpc) is 3.39. The second kappa shape index (κ2) is 14.6. The van der Waals surface area contributed by atoms with E-state index in [1.165, 1.54) is 0 Å². The summed E-state index contributed by atoms with van der Waals surface area (Å²) in [5.74, 6) is 2.10. The van der Waals surface area contributed by atoms with Gasteiger partial charge in [-0.05, 0) is 32.1 Å². The number of carbonyl (C=O) groups excluding carboxylic acids is 1. The van der Waals surface area contributed by atoms with E-state index >= 15 is 0 Å². The Kier molecular flexibility index (Phi) is 12.2. The highest BCUT2D eigenvalue weighted by Crippen LogP contribution is 2.12. The summed E-state index contributed by atoms with van der Waals surface area (Å²) in [6.07, 6.45) is 10.00. The lowest BCUT2D eigenvalue weighted by atomic mass is 10.2. The van der Waals surface area contributed by atoms with Gasteiger partial charge in [0, 0.05) is 52.2 Å². The van der Waals surface area contributed by atoms with Crippen LogP contribution in [0, 0.1) is 0 Å². The minimum Gasteiger partial charge on any atom is -0.376 e. The molecule has 1 aromatic rings. The second-order valence-corrected chi connectivity index (χ2v) is 8.02. The summed E-state index contributed by atoms with van der Waals surface area (Å²) in [6.45, 7) is 7.63. The maximum Gasteiger partial charge on any atom is 0.222 e. The average molecular weight is 547 g/mol. The van der Waals surface area contributed by atoms with E-state index in [9.17, 15) is 4.79 Å². The van der Waals surface area contributed by atoms with Crippen LogP contribution in [-0.2, 0) is 22.5 Å². The van der Waals surface area contributed by atoms with Crippen molar-refractivity contribution < 1.29 is 9.53 Å². The summed E-state index contributed by atoms with van der Waals surface area (Å²) in [4.78, 5) is 18.9. The summed E-state index contributed by atoms with van der Waals surface area (Å²) >= 11 is 0. The number of nitrogens with zero attached hydrogens (tertiary/aromatic N) is 5. The van der Waals surface area contributed by atoms with Crippen LogP contribution in [0.1, 0.15) is 57.7 Å². The Balaban J connectivity index is 0.00000341. The normalized spacial score (nSPS) is 19.8. The van der Waals surface area contributed by atoms with Gasteiger partial charge in [0.05, 0.1) is 12.6 Å². The highest BCUT2D eigenvalue weighted by atomic mass is 127. The quantitative estimate of drug-likeness (QED) is 0.201. The number of likely N-dealkylation sites (tertiary alicyclic amines) is 1. The van der Waals surface area contributed by atoms with Gasteiger partial charge in [0.25, 0.3) is 0 Å². The lowest BCUT2D eigenvalue weighted by molar-refractivity contribution is -0.130. The summed E-state index contributed by atoms with van der Waals surface area (Å²) < 4.78 is 7.76. The van der Waals surface area contributed by atoms with Crippen molar-refractivity contribution in [3.05, 3.63) is 12.2 Å². The molecule has 0 bridgehead atoms. The van der Waals surface area contributed by atoms with E-state index in [4.69, 9.17) is 9.73 Å². The van der Waals surface area contributed by atoms with E-state index in [1.807, 2.05) is 4.90 Å². The van der Waals surface area contributed by atoms with E-state index < -0.39 is 0 Å². The molecule has 0 saturated carbocycles. The molecule has 3 heterocycles. The largest absolute Gasteiger partial charge is 0.376 e. The molecule has 0 aromatic carbocycles. The number of amides is 1. The van der Waals surface area contributed by atoms with Crippen molar-refractivity contribution in [3.8, 4) is 0 Å². The van der Waals surface area contributed by atoms with Gasteiger partial charge < -0.3 is 24.8 Å². The minimum absolute atomic E-state index is 0. The van der Waals surface area contributed by atoms with Gasteiger partial charge in [-0.25, -0.2) is 0 Å². The lowest BCUT2D eigenvalue weighted by Gasteiger charge is -2.21. The fourth-order valence-corrected chi connectivity index (χ4v) is 3.94. The third-order valence-electron chi connectivity index (χ3n) is 5.70. The van der Waals surface area contributed by atoms with E-state index in [2.05, 4.69) is 32.3 Å². The summed E-state index contributed by atoms with van der Waals surface area (Å²) in [5.41, 5.74) is 0. The molecular formula is C21H38IN7O2. The monoisotopic (exact) mass is 547 g/mol. The molecule has 176 valence electrons. The Morgan fingerprint density at radius 2 is 2.10 bits per heavy atom. The molecule has 31 heavy (non-hydrogen) atoms. The van der Waals surface area contributed by atoms with Crippen LogP contribution >= 0.6 is 24.0 Å². The molecule has 2 aliphatic rings. The van der Waals surface area contributed by atoms with E-state index in [0.29, 0.717) is 18.9 Å². The van der Waals surface area contributed by atoms with Crippen molar-refractivity contribution in [2.24, 2.45) is 4.99 Å². The molecule has 2 N–H and O–H groups in total. The first-order valence-electron chi connectivity index (χ1n) is 11.5. The van der Waals surface area contributed by atoms with Crippen molar-refractivity contribution in [2.45, 2.75) is 70.9 Å². The van der Waals surface area contributed by atoms with Crippen LogP contribution in [0.4, 0.5) is 0 Å². The number of carbonyl (C=O) groups is 1. The Morgan fingerprint density at radius 3 is 2.90 bits per heavy atom. The number of aromatic nitrogens is 3. The molecule has 2 fully saturated rings. The fourth-order valence-electron chi connectivity index (χ4n) is 3.94. The van der Waals surface area contributed by atoms with Crippen LogP contribution in [0.2, 0.25) is 0 Å². The molecule has 10 heteroatoms. The first kappa shape index (κ1) is 25.8. The maximum atomic E-state index is 12.1. The van der Waals surface area contributed by atoms with Crippen LogP contribution in [-0.4, -0.2) is 77.0 Å². The maximum absolute atomic E-state index is 12.1. The number of nitrogens with one attached hydrogen (secondary N) is 2. The van der Waals surface area contributed by atoms with Crippen LogP contribution in [0.15, 0.2) is 11.3 Å². The van der Waals surface area contributed by atoms with Crippen molar-refractivity contribution >= 4 is 35.8 Å². The van der Waals surface area contributed by atoms with Gasteiger partial charge in [-0.15, -0.1) is 34.2 Å². The Bertz CT molecular complexity index is 676. The lowest BCUT2D eigenvalue weighted by Crippen LogP contribution is -2.41. The number of guanidine groups is 1. The SMILES string of the molecule is CCc1nncn1CCNC(=NCC1CCCO1)NCCCN1CCCCCC1=O.I. The van der Waals surface area contributed by atoms with Crippen molar-refractivity contribution in [1.82, 2.24) is 30.3 Å². The van der Waals surface area contributed by atoms with Crippen molar-refractivity contribution in [1.29, 1.82) is 0 Å². The molecule has 2 aliphatic heterocycles. The Hall–Kier alpha value is -1.43. The number of aliphatic imine (C=N–C) groups is 1. The molecule has 0 spiro atoms. The van der Waals surface area contributed by atoms with Crippen LogP contribution in [0.3, 0.4) is 0 Å². The van der Waals surface area contributed by atoms with Gasteiger partial charge >= 0.3 is 0 Å². The molecule has 1 aromatic heterocycles. The summed E-state index contributed by atoms with van der Waals surface area (Å²) in [7, 11) is 0. The summed E-state index contributed by atoms with van der Waals surface area (Å²) in [5, 5.41) is 15.0. The highest BCUT2D eigenvalue weighted by molar-refractivity contribution is 14.0. The highest BCUT2D eigenvalue weighted by Gasteiger charge is 2.16. The molecule has 2 saturated heterocycles. The molecule has 0 radical (unpaired) electrons. The van der Waals surface area contributed by atoms with Gasteiger partial charge in [0.15, 0.2) is 5.96 Å². The van der Waals surface area contributed by atoms with Gasteiger partial charge in [-0.3, -0.25) is 9.79 Å². The number of hydrogen-bond donors (Lipinski definition) is 2. The Morgan fingerprint density at radius 1 is 1.23 bits per heavy atom. The molecular weight excluding hydrogens is 509 g/mol.